The highest BCUT2D eigenvalue weighted by Gasteiger charge is 2.18. The number of methoxy groups -OCH3 is 1. The van der Waals surface area contributed by atoms with Gasteiger partial charge < -0.3 is 4.74 Å². The van der Waals surface area contributed by atoms with Crippen molar-refractivity contribution in [3.63, 3.8) is 0 Å². The van der Waals surface area contributed by atoms with Gasteiger partial charge in [0, 0.05) is 4.88 Å². The Balaban J connectivity index is 2.13. The fourth-order valence-corrected chi connectivity index (χ4v) is 4.50. The molecule has 0 saturated heterocycles. The number of thiophene rings is 1. The highest BCUT2D eigenvalue weighted by atomic mass is 32.2. The van der Waals surface area contributed by atoms with E-state index in [0.29, 0.717) is 0 Å². The van der Waals surface area contributed by atoms with E-state index in [1.165, 1.54) is 40.6 Å². The third-order valence-corrected chi connectivity index (χ3v) is 6.00. The van der Waals surface area contributed by atoms with Crippen LogP contribution in [0.15, 0.2) is 10.4 Å². The normalized spacial score (nSPS) is 12.4. The predicted molar refractivity (Wildman–Crippen MR) is 80.0 cm³/mol. The Bertz CT molecular complexity index is 572. The maximum atomic E-state index is 11.4. The number of thioether (sulfide) groups is 1. The number of aryl methyl sites for hydroxylation is 2. The molecule has 0 aliphatic heterocycles. The van der Waals surface area contributed by atoms with Gasteiger partial charge in [0.1, 0.15) is 5.25 Å². The Labute approximate surface area is 124 Å². The Kier molecular flexibility index (Phi) is 4.59. The molecule has 2 heterocycles. The largest absolute Gasteiger partial charge is 0.468 e. The summed E-state index contributed by atoms with van der Waals surface area (Å²) in [5.41, 5.74) is 1.27. The monoisotopic (exact) mass is 314 g/mol. The fraction of sp³-hybridized carbons (Fsp3) is 0.417. The summed E-state index contributed by atoms with van der Waals surface area (Å²) in [6.07, 6.45) is 0. The van der Waals surface area contributed by atoms with Crippen LogP contribution in [-0.2, 0) is 9.53 Å². The molecule has 2 rings (SSSR count). The summed E-state index contributed by atoms with van der Waals surface area (Å²) < 4.78 is 5.48. The van der Waals surface area contributed by atoms with Gasteiger partial charge in [0.15, 0.2) is 9.35 Å². The zero-order chi connectivity index (χ0) is 14.0. The molecule has 0 N–H and O–H groups in total. The van der Waals surface area contributed by atoms with Crippen molar-refractivity contribution in [2.45, 2.75) is 30.4 Å². The van der Waals surface area contributed by atoms with Crippen molar-refractivity contribution in [1.29, 1.82) is 0 Å². The number of carbonyl (C=O) groups is 1. The van der Waals surface area contributed by atoms with Crippen molar-refractivity contribution in [1.82, 2.24) is 10.2 Å². The van der Waals surface area contributed by atoms with E-state index in [4.69, 9.17) is 4.74 Å². The lowest BCUT2D eigenvalue weighted by Crippen LogP contribution is -2.14. The lowest BCUT2D eigenvalue weighted by Gasteiger charge is -2.04. The van der Waals surface area contributed by atoms with E-state index in [9.17, 15) is 4.79 Å². The smallest absolute Gasteiger partial charge is 0.318 e. The molecule has 19 heavy (non-hydrogen) atoms. The van der Waals surface area contributed by atoms with Crippen molar-refractivity contribution >= 4 is 40.4 Å². The van der Waals surface area contributed by atoms with Crippen LogP contribution in [0.2, 0.25) is 0 Å². The van der Waals surface area contributed by atoms with Gasteiger partial charge in [0.2, 0.25) is 0 Å². The van der Waals surface area contributed by atoms with E-state index < -0.39 is 0 Å². The van der Waals surface area contributed by atoms with Gasteiger partial charge >= 0.3 is 5.97 Å². The fourth-order valence-electron chi connectivity index (χ4n) is 1.40. The Morgan fingerprint density at radius 2 is 2.11 bits per heavy atom. The number of rotatable bonds is 4. The van der Waals surface area contributed by atoms with Crippen LogP contribution in [0.5, 0.6) is 0 Å². The summed E-state index contributed by atoms with van der Waals surface area (Å²) >= 11 is 4.60. The van der Waals surface area contributed by atoms with Crippen LogP contribution in [0.3, 0.4) is 0 Å². The number of aromatic nitrogens is 2. The van der Waals surface area contributed by atoms with Crippen LogP contribution in [0.1, 0.15) is 17.4 Å². The van der Waals surface area contributed by atoms with Crippen molar-refractivity contribution in [3.8, 4) is 9.88 Å². The molecule has 0 saturated carbocycles. The van der Waals surface area contributed by atoms with Crippen LogP contribution in [-0.4, -0.2) is 28.5 Å². The molecular formula is C12H14N2O2S3. The number of carbonyl (C=O) groups excluding carboxylic acids is 1. The van der Waals surface area contributed by atoms with Gasteiger partial charge in [-0.25, -0.2) is 0 Å². The zero-order valence-corrected chi connectivity index (χ0v) is 13.5. The van der Waals surface area contributed by atoms with E-state index in [-0.39, 0.29) is 11.2 Å². The summed E-state index contributed by atoms with van der Waals surface area (Å²) in [4.78, 5) is 13.8. The Morgan fingerprint density at radius 3 is 2.68 bits per heavy atom. The SMILES string of the molecule is COC(=O)C(C)Sc1nnc(-c2cc(C)c(C)s2)s1. The van der Waals surface area contributed by atoms with Gasteiger partial charge in [-0.1, -0.05) is 23.1 Å². The molecule has 0 aromatic carbocycles. The minimum Gasteiger partial charge on any atom is -0.468 e. The second kappa shape index (κ2) is 6.02. The molecule has 4 nitrogen and oxygen atoms in total. The molecule has 0 aliphatic rings. The quantitative estimate of drug-likeness (QED) is 0.638. The number of esters is 1. The minimum atomic E-state index is -0.266. The van der Waals surface area contributed by atoms with Gasteiger partial charge in [-0.15, -0.1) is 21.5 Å². The maximum Gasteiger partial charge on any atom is 0.318 e. The third kappa shape index (κ3) is 3.34. The molecule has 7 heteroatoms. The van der Waals surface area contributed by atoms with Crippen LogP contribution in [0.25, 0.3) is 9.88 Å². The van der Waals surface area contributed by atoms with Crippen LogP contribution < -0.4 is 0 Å². The average molecular weight is 314 g/mol. The summed E-state index contributed by atoms with van der Waals surface area (Å²) in [6.45, 7) is 5.99. The van der Waals surface area contributed by atoms with Crippen molar-refractivity contribution in [2.24, 2.45) is 0 Å². The standard InChI is InChI=1S/C12H14N2O2S3/c1-6-5-9(17-7(6)2)10-13-14-12(19-10)18-8(3)11(15)16-4/h5,8H,1-4H3. The van der Waals surface area contributed by atoms with E-state index in [0.717, 1.165) is 14.2 Å². The first-order valence-electron chi connectivity index (χ1n) is 5.66. The van der Waals surface area contributed by atoms with E-state index in [1.54, 1.807) is 18.3 Å². The summed E-state index contributed by atoms with van der Waals surface area (Å²) in [5.74, 6) is -0.246. The molecule has 1 atom stereocenters. The molecule has 0 radical (unpaired) electrons. The van der Waals surface area contributed by atoms with E-state index in [1.807, 2.05) is 0 Å². The first-order valence-corrected chi connectivity index (χ1v) is 8.18. The van der Waals surface area contributed by atoms with Crippen LogP contribution >= 0.6 is 34.4 Å². The molecule has 1 unspecified atom stereocenters. The Morgan fingerprint density at radius 1 is 1.37 bits per heavy atom. The van der Waals surface area contributed by atoms with Gasteiger partial charge in [-0.2, -0.15) is 0 Å². The molecule has 0 fully saturated rings. The Hall–Kier alpha value is -0.920. The highest BCUT2D eigenvalue weighted by Crippen LogP contribution is 2.36. The molecule has 2 aromatic rings. The molecule has 0 aliphatic carbocycles. The maximum absolute atomic E-state index is 11.4. The van der Waals surface area contributed by atoms with Crippen molar-refractivity contribution in [3.05, 3.63) is 16.5 Å². The van der Waals surface area contributed by atoms with Crippen molar-refractivity contribution < 1.29 is 9.53 Å². The van der Waals surface area contributed by atoms with Crippen molar-refractivity contribution in [2.75, 3.05) is 7.11 Å². The third-order valence-electron chi connectivity index (χ3n) is 2.59. The summed E-state index contributed by atoms with van der Waals surface area (Å²) in [7, 11) is 1.39. The predicted octanol–water partition coefficient (Wildman–Crippen LogP) is 3.54. The molecule has 0 bridgehead atoms. The zero-order valence-electron chi connectivity index (χ0n) is 11.1. The van der Waals surface area contributed by atoms with Gasteiger partial charge in [-0.05, 0) is 32.4 Å². The van der Waals surface area contributed by atoms with Crippen LogP contribution in [0.4, 0.5) is 0 Å². The van der Waals surface area contributed by atoms with Gasteiger partial charge in [0.25, 0.3) is 0 Å². The first-order chi connectivity index (χ1) is 9.01. The summed E-state index contributed by atoms with van der Waals surface area (Å²) in [6, 6.07) is 2.12. The molecule has 0 spiro atoms. The number of nitrogens with zero attached hydrogens (tertiary/aromatic N) is 2. The lowest BCUT2D eigenvalue weighted by molar-refractivity contribution is -0.139. The summed E-state index contributed by atoms with van der Waals surface area (Å²) in [5, 5.41) is 8.94. The minimum absolute atomic E-state index is 0.246. The van der Waals surface area contributed by atoms with E-state index >= 15 is 0 Å². The second-order valence-corrected chi connectivity index (χ2v) is 7.83. The molecular weight excluding hydrogens is 300 g/mol. The van der Waals surface area contributed by atoms with Gasteiger partial charge in [-0.3, -0.25) is 4.79 Å². The van der Waals surface area contributed by atoms with Gasteiger partial charge in [0.05, 0.1) is 12.0 Å². The lowest BCUT2D eigenvalue weighted by atomic mass is 10.3. The highest BCUT2D eigenvalue weighted by molar-refractivity contribution is 8.02. The van der Waals surface area contributed by atoms with Crippen LogP contribution in [0, 0.1) is 13.8 Å². The number of hydrogen-bond acceptors (Lipinski definition) is 7. The molecule has 2 aromatic heterocycles. The topological polar surface area (TPSA) is 52.1 Å². The second-order valence-electron chi connectivity index (χ2n) is 4.01. The molecule has 102 valence electrons. The molecule has 0 amide bonds. The number of hydrogen-bond donors (Lipinski definition) is 0. The first kappa shape index (κ1) is 14.5. The average Bonchev–Trinajstić information content (AvgIpc) is 2.96. The van der Waals surface area contributed by atoms with E-state index in [2.05, 4.69) is 30.1 Å². The number of ether oxygens (including phenoxy) is 1.